The van der Waals surface area contributed by atoms with Gasteiger partial charge in [0.1, 0.15) is 0 Å². The standard InChI is InChI=1S/C26H19N3O/c1-26(2)21-14-17(18-8-3-6-16-7-4-12-27-23(16)18)10-11-19(21)20-15-28-25(29-24(20)26)22-9-5-13-30-22/h3-15H,1-2H3. The highest BCUT2D eigenvalue weighted by Crippen LogP contribution is 2.49. The first kappa shape index (κ1) is 17.1. The fraction of sp³-hybridized carbons (Fsp3) is 0.115. The number of aromatic nitrogens is 3. The van der Waals surface area contributed by atoms with Crippen LogP contribution in [0.25, 0.3) is 44.7 Å². The highest BCUT2D eigenvalue weighted by Gasteiger charge is 2.38. The molecule has 6 rings (SSSR count). The zero-order valence-corrected chi connectivity index (χ0v) is 16.8. The molecule has 2 aromatic carbocycles. The Morgan fingerprint density at radius 2 is 1.73 bits per heavy atom. The van der Waals surface area contributed by atoms with Gasteiger partial charge in [-0.05, 0) is 41.0 Å². The van der Waals surface area contributed by atoms with Gasteiger partial charge in [-0.2, -0.15) is 0 Å². The van der Waals surface area contributed by atoms with Gasteiger partial charge in [0.25, 0.3) is 0 Å². The lowest BCUT2D eigenvalue weighted by atomic mass is 9.84. The Bertz CT molecular complexity index is 1410. The largest absolute Gasteiger partial charge is 0.461 e. The van der Waals surface area contributed by atoms with Crippen molar-refractivity contribution in [2.45, 2.75) is 19.3 Å². The molecule has 1 aliphatic rings. The average Bonchev–Trinajstić information content (AvgIpc) is 3.39. The van der Waals surface area contributed by atoms with Crippen molar-refractivity contribution in [2.75, 3.05) is 0 Å². The maximum atomic E-state index is 5.51. The highest BCUT2D eigenvalue weighted by molar-refractivity contribution is 5.94. The highest BCUT2D eigenvalue weighted by atomic mass is 16.3. The van der Waals surface area contributed by atoms with E-state index in [1.807, 2.05) is 30.6 Å². The van der Waals surface area contributed by atoms with Gasteiger partial charge in [0.2, 0.25) is 0 Å². The molecule has 0 unspecified atom stereocenters. The Kier molecular flexibility index (Phi) is 3.48. The molecule has 4 nitrogen and oxygen atoms in total. The maximum Gasteiger partial charge on any atom is 0.195 e. The lowest BCUT2D eigenvalue weighted by Crippen LogP contribution is -2.17. The number of pyridine rings is 1. The molecule has 144 valence electrons. The predicted molar refractivity (Wildman–Crippen MR) is 118 cm³/mol. The first-order chi connectivity index (χ1) is 14.6. The van der Waals surface area contributed by atoms with Crippen molar-refractivity contribution in [3.63, 3.8) is 0 Å². The average molecular weight is 389 g/mol. The van der Waals surface area contributed by atoms with Crippen LogP contribution in [0.15, 0.2) is 83.7 Å². The zero-order chi connectivity index (χ0) is 20.3. The van der Waals surface area contributed by atoms with E-state index in [0.717, 1.165) is 33.3 Å². The number of nitrogens with zero attached hydrogens (tertiary/aromatic N) is 3. The number of fused-ring (bicyclic) bond motifs is 4. The van der Waals surface area contributed by atoms with Crippen LogP contribution in [-0.4, -0.2) is 15.0 Å². The molecule has 0 saturated heterocycles. The van der Waals surface area contributed by atoms with Crippen molar-refractivity contribution in [2.24, 2.45) is 0 Å². The molecule has 0 amide bonds. The van der Waals surface area contributed by atoms with Crippen LogP contribution in [-0.2, 0) is 5.41 Å². The molecular formula is C26H19N3O. The third-order valence-electron chi connectivity index (χ3n) is 6.05. The van der Waals surface area contributed by atoms with E-state index >= 15 is 0 Å². The first-order valence-corrected chi connectivity index (χ1v) is 10.0. The minimum Gasteiger partial charge on any atom is -0.461 e. The smallest absolute Gasteiger partial charge is 0.195 e. The third kappa shape index (κ3) is 2.37. The van der Waals surface area contributed by atoms with Gasteiger partial charge in [0, 0.05) is 34.3 Å². The minimum atomic E-state index is -0.233. The van der Waals surface area contributed by atoms with Crippen molar-refractivity contribution in [1.29, 1.82) is 0 Å². The molecule has 0 saturated carbocycles. The van der Waals surface area contributed by atoms with Crippen molar-refractivity contribution in [3.8, 4) is 33.8 Å². The Morgan fingerprint density at radius 1 is 0.833 bits per heavy atom. The fourth-order valence-electron chi connectivity index (χ4n) is 4.51. The van der Waals surface area contributed by atoms with Crippen molar-refractivity contribution < 1.29 is 4.42 Å². The van der Waals surface area contributed by atoms with Gasteiger partial charge in [0.05, 0.1) is 17.5 Å². The summed E-state index contributed by atoms with van der Waals surface area (Å²) in [6.45, 7) is 4.45. The molecule has 30 heavy (non-hydrogen) atoms. The summed E-state index contributed by atoms with van der Waals surface area (Å²) in [6.07, 6.45) is 5.42. The van der Waals surface area contributed by atoms with Crippen LogP contribution in [0.4, 0.5) is 0 Å². The zero-order valence-electron chi connectivity index (χ0n) is 16.8. The van der Waals surface area contributed by atoms with Crippen LogP contribution in [0.1, 0.15) is 25.1 Å². The fourth-order valence-corrected chi connectivity index (χ4v) is 4.51. The van der Waals surface area contributed by atoms with Crippen molar-refractivity contribution in [1.82, 2.24) is 15.0 Å². The number of hydrogen-bond acceptors (Lipinski definition) is 4. The summed E-state index contributed by atoms with van der Waals surface area (Å²) in [5, 5.41) is 1.15. The van der Waals surface area contributed by atoms with Crippen LogP contribution in [0.3, 0.4) is 0 Å². The Labute approximate surface area is 174 Å². The summed E-state index contributed by atoms with van der Waals surface area (Å²) < 4.78 is 5.51. The first-order valence-electron chi connectivity index (χ1n) is 10.0. The molecule has 4 heteroatoms. The molecular weight excluding hydrogens is 370 g/mol. The topological polar surface area (TPSA) is 51.8 Å². The number of para-hydroxylation sites is 1. The van der Waals surface area contributed by atoms with E-state index in [1.165, 1.54) is 11.1 Å². The van der Waals surface area contributed by atoms with Crippen LogP contribution in [0.2, 0.25) is 0 Å². The number of furan rings is 1. The monoisotopic (exact) mass is 389 g/mol. The molecule has 5 aromatic rings. The normalized spacial score (nSPS) is 13.9. The van der Waals surface area contributed by atoms with E-state index in [1.54, 1.807) is 6.26 Å². The molecule has 0 fully saturated rings. The molecule has 0 N–H and O–H groups in total. The summed E-state index contributed by atoms with van der Waals surface area (Å²) in [5.41, 5.74) is 7.67. The van der Waals surface area contributed by atoms with E-state index < -0.39 is 0 Å². The van der Waals surface area contributed by atoms with Crippen molar-refractivity contribution in [3.05, 3.63) is 90.6 Å². The quantitative estimate of drug-likeness (QED) is 0.358. The number of rotatable bonds is 2. The predicted octanol–water partition coefficient (Wildman–Crippen LogP) is 6.26. The molecule has 0 bridgehead atoms. The lowest BCUT2D eigenvalue weighted by molar-refractivity contribution is 0.574. The van der Waals surface area contributed by atoms with Crippen molar-refractivity contribution >= 4 is 10.9 Å². The summed E-state index contributed by atoms with van der Waals surface area (Å²) in [6, 6.07) is 20.8. The summed E-state index contributed by atoms with van der Waals surface area (Å²) in [7, 11) is 0. The second kappa shape index (κ2) is 6.10. The van der Waals surface area contributed by atoms with Gasteiger partial charge in [-0.25, -0.2) is 9.97 Å². The second-order valence-electron chi connectivity index (χ2n) is 8.20. The number of benzene rings is 2. The van der Waals surface area contributed by atoms with E-state index in [4.69, 9.17) is 9.40 Å². The SMILES string of the molecule is CC1(C)c2cc(-c3cccc4cccnc34)ccc2-c2cnc(-c3ccco3)nc21. The maximum absolute atomic E-state index is 5.51. The Morgan fingerprint density at radius 3 is 2.60 bits per heavy atom. The summed E-state index contributed by atoms with van der Waals surface area (Å²) in [4.78, 5) is 14.1. The van der Waals surface area contributed by atoms with Gasteiger partial charge < -0.3 is 4.42 Å². The number of hydrogen-bond donors (Lipinski definition) is 0. The van der Waals surface area contributed by atoms with Gasteiger partial charge in [-0.15, -0.1) is 0 Å². The molecule has 0 spiro atoms. The molecule has 3 heterocycles. The van der Waals surface area contributed by atoms with Crippen LogP contribution >= 0.6 is 0 Å². The third-order valence-corrected chi connectivity index (χ3v) is 6.05. The Hall–Kier alpha value is -3.79. The van der Waals surface area contributed by atoms with Gasteiger partial charge >= 0.3 is 0 Å². The molecule has 0 aliphatic heterocycles. The van der Waals surface area contributed by atoms with E-state index in [0.29, 0.717) is 11.6 Å². The summed E-state index contributed by atoms with van der Waals surface area (Å²) >= 11 is 0. The van der Waals surface area contributed by atoms with E-state index in [2.05, 4.69) is 66.3 Å². The minimum absolute atomic E-state index is 0.233. The van der Waals surface area contributed by atoms with Crippen LogP contribution in [0.5, 0.6) is 0 Å². The molecule has 0 radical (unpaired) electrons. The molecule has 0 atom stereocenters. The molecule has 3 aromatic heterocycles. The van der Waals surface area contributed by atoms with Crippen LogP contribution in [0, 0.1) is 0 Å². The second-order valence-corrected chi connectivity index (χ2v) is 8.20. The van der Waals surface area contributed by atoms with Crippen LogP contribution < -0.4 is 0 Å². The molecule has 1 aliphatic carbocycles. The van der Waals surface area contributed by atoms with E-state index in [9.17, 15) is 0 Å². The van der Waals surface area contributed by atoms with E-state index in [-0.39, 0.29) is 5.41 Å². The Balaban J connectivity index is 1.52. The van der Waals surface area contributed by atoms with Gasteiger partial charge in [-0.3, -0.25) is 4.98 Å². The van der Waals surface area contributed by atoms with Gasteiger partial charge in [0.15, 0.2) is 11.6 Å². The van der Waals surface area contributed by atoms with Gasteiger partial charge in [-0.1, -0.05) is 50.2 Å². The lowest BCUT2D eigenvalue weighted by Gasteiger charge is -2.21. The summed E-state index contributed by atoms with van der Waals surface area (Å²) in [5.74, 6) is 1.31.